The van der Waals surface area contributed by atoms with E-state index in [2.05, 4.69) is 4.98 Å². The van der Waals surface area contributed by atoms with E-state index < -0.39 is 0 Å². The van der Waals surface area contributed by atoms with Crippen molar-refractivity contribution in [1.29, 1.82) is 0 Å². The second-order valence-electron chi connectivity index (χ2n) is 6.02. The van der Waals surface area contributed by atoms with Gasteiger partial charge in [-0.25, -0.2) is 9.78 Å². The fourth-order valence-corrected chi connectivity index (χ4v) is 3.03. The van der Waals surface area contributed by atoms with Gasteiger partial charge in [0.25, 0.3) is 5.56 Å². The van der Waals surface area contributed by atoms with E-state index in [0.717, 1.165) is 17.5 Å². The summed E-state index contributed by atoms with van der Waals surface area (Å²) in [6.07, 6.45) is 1.30. The summed E-state index contributed by atoms with van der Waals surface area (Å²) in [5.41, 5.74) is 3.43. The molecule has 0 amide bonds. The van der Waals surface area contributed by atoms with Crippen LogP contribution in [0.15, 0.2) is 53.3 Å². The number of hydrogen-bond acceptors (Lipinski definition) is 4. The smallest absolute Gasteiger partial charge is 0.338 e. The highest BCUT2D eigenvalue weighted by Gasteiger charge is 2.13. The molecular weight excluding hydrogens is 328 g/mol. The first-order chi connectivity index (χ1) is 12.6. The number of rotatable bonds is 6. The van der Waals surface area contributed by atoms with Crippen LogP contribution in [0.2, 0.25) is 0 Å². The average Bonchev–Trinajstić information content (AvgIpc) is 2.67. The van der Waals surface area contributed by atoms with Gasteiger partial charge in [-0.1, -0.05) is 30.3 Å². The number of aromatic nitrogens is 2. The maximum atomic E-state index is 12.8. The van der Waals surface area contributed by atoms with Crippen molar-refractivity contribution >= 4 is 17.0 Å². The van der Waals surface area contributed by atoms with Crippen LogP contribution in [0.4, 0.5) is 0 Å². The Morgan fingerprint density at radius 2 is 1.85 bits per heavy atom. The van der Waals surface area contributed by atoms with Gasteiger partial charge in [-0.05, 0) is 50.5 Å². The van der Waals surface area contributed by atoms with Gasteiger partial charge in [-0.2, -0.15) is 0 Å². The number of hydrogen-bond donors (Lipinski definition) is 0. The molecule has 0 bridgehead atoms. The van der Waals surface area contributed by atoms with Crippen molar-refractivity contribution in [2.75, 3.05) is 6.61 Å². The Morgan fingerprint density at radius 3 is 2.54 bits per heavy atom. The Kier molecular flexibility index (Phi) is 5.46. The molecule has 0 aliphatic carbocycles. The summed E-state index contributed by atoms with van der Waals surface area (Å²) in [6, 6.07) is 15.2. The maximum Gasteiger partial charge on any atom is 0.338 e. The summed E-state index contributed by atoms with van der Waals surface area (Å²) in [4.78, 5) is 29.3. The lowest BCUT2D eigenvalue weighted by Gasteiger charge is -2.11. The molecule has 0 aliphatic heterocycles. The molecule has 26 heavy (non-hydrogen) atoms. The van der Waals surface area contributed by atoms with Crippen molar-refractivity contribution in [3.63, 3.8) is 0 Å². The molecule has 1 heterocycles. The number of nitrogens with zero attached hydrogens (tertiary/aromatic N) is 2. The van der Waals surface area contributed by atoms with Gasteiger partial charge in [-0.3, -0.25) is 4.79 Å². The fourth-order valence-electron chi connectivity index (χ4n) is 3.03. The second kappa shape index (κ2) is 7.95. The highest BCUT2D eigenvalue weighted by Crippen LogP contribution is 2.15. The van der Waals surface area contributed by atoms with Crippen molar-refractivity contribution in [3.05, 3.63) is 75.7 Å². The molecule has 0 saturated carbocycles. The van der Waals surface area contributed by atoms with E-state index in [-0.39, 0.29) is 11.5 Å². The van der Waals surface area contributed by atoms with Crippen LogP contribution >= 0.6 is 0 Å². The number of carbonyl (C=O) groups is 1. The first kappa shape index (κ1) is 17.9. The van der Waals surface area contributed by atoms with Gasteiger partial charge in [0.05, 0.1) is 23.2 Å². The van der Waals surface area contributed by atoms with Crippen LogP contribution in [0.1, 0.15) is 35.5 Å². The van der Waals surface area contributed by atoms with Gasteiger partial charge in [0.15, 0.2) is 0 Å². The van der Waals surface area contributed by atoms with Gasteiger partial charge in [0.1, 0.15) is 5.69 Å². The summed E-state index contributed by atoms with van der Waals surface area (Å²) < 4.78 is 6.76. The molecule has 2 aromatic carbocycles. The monoisotopic (exact) mass is 350 g/mol. The first-order valence-electron chi connectivity index (χ1n) is 8.88. The number of carbonyl (C=O) groups excluding carboxylic acids is 1. The van der Waals surface area contributed by atoms with Crippen LogP contribution < -0.4 is 5.56 Å². The van der Waals surface area contributed by atoms with Crippen molar-refractivity contribution < 1.29 is 9.53 Å². The molecule has 0 aliphatic rings. The molecule has 134 valence electrons. The molecule has 1 aromatic heterocycles. The zero-order valence-corrected chi connectivity index (χ0v) is 15.1. The Hall–Kier alpha value is -2.95. The Balaban J connectivity index is 2.01. The molecule has 3 aromatic rings. The summed E-state index contributed by atoms with van der Waals surface area (Å²) in [5, 5.41) is 0. The molecule has 5 nitrogen and oxygen atoms in total. The van der Waals surface area contributed by atoms with Crippen LogP contribution in [0.5, 0.6) is 0 Å². The van der Waals surface area contributed by atoms with Crippen molar-refractivity contribution in [2.45, 2.75) is 33.2 Å². The molecular formula is C21H22N2O3. The fraction of sp³-hybridized carbons (Fsp3) is 0.286. The van der Waals surface area contributed by atoms with E-state index in [1.54, 1.807) is 29.7 Å². The van der Waals surface area contributed by atoms with Crippen LogP contribution in [-0.2, 0) is 24.1 Å². The Labute approximate surface area is 152 Å². The summed E-state index contributed by atoms with van der Waals surface area (Å²) in [6.45, 7) is 4.57. The predicted octanol–water partition coefficient (Wildman–Crippen LogP) is 3.38. The molecule has 0 fully saturated rings. The standard InChI is InChI=1S/C21H22N2O3/c1-3-23-19-13-11-16(21(25)26-4-2)14-18(19)22-17(20(23)24)12-10-15-8-6-5-7-9-15/h5-9,11,13-14H,3-4,10,12H2,1-2H3. The lowest BCUT2D eigenvalue weighted by atomic mass is 10.1. The predicted molar refractivity (Wildman–Crippen MR) is 101 cm³/mol. The Bertz CT molecular complexity index is 978. The van der Waals surface area contributed by atoms with Crippen molar-refractivity contribution in [1.82, 2.24) is 9.55 Å². The third-order valence-electron chi connectivity index (χ3n) is 4.33. The van der Waals surface area contributed by atoms with Crippen molar-refractivity contribution in [2.24, 2.45) is 0 Å². The topological polar surface area (TPSA) is 61.2 Å². The Morgan fingerprint density at radius 1 is 1.08 bits per heavy atom. The molecule has 0 saturated heterocycles. The third-order valence-corrected chi connectivity index (χ3v) is 4.33. The molecule has 0 unspecified atom stereocenters. The molecule has 0 spiro atoms. The van der Waals surface area contributed by atoms with Crippen LogP contribution in [-0.4, -0.2) is 22.1 Å². The van der Waals surface area contributed by atoms with Gasteiger partial charge < -0.3 is 9.30 Å². The summed E-state index contributed by atoms with van der Waals surface area (Å²) in [7, 11) is 0. The number of fused-ring (bicyclic) bond motifs is 1. The van der Waals surface area contributed by atoms with Gasteiger partial charge in [0, 0.05) is 6.54 Å². The van der Waals surface area contributed by atoms with Crippen LogP contribution in [0, 0.1) is 0 Å². The van der Waals surface area contributed by atoms with Gasteiger partial charge in [-0.15, -0.1) is 0 Å². The van der Waals surface area contributed by atoms with Gasteiger partial charge in [0.2, 0.25) is 0 Å². The zero-order valence-electron chi connectivity index (χ0n) is 15.1. The highest BCUT2D eigenvalue weighted by molar-refractivity contribution is 5.93. The lowest BCUT2D eigenvalue weighted by molar-refractivity contribution is 0.0526. The number of aryl methyl sites for hydroxylation is 3. The summed E-state index contributed by atoms with van der Waals surface area (Å²) in [5.74, 6) is -0.378. The highest BCUT2D eigenvalue weighted by atomic mass is 16.5. The van der Waals surface area contributed by atoms with E-state index in [0.29, 0.717) is 36.3 Å². The quantitative estimate of drug-likeness (QED) is 0.640. The van der Waals surface area contributed by atoms with Crippen LogP contribution in [0.3, 0.4) is 0 Å². The van der Waals surface area contributed by atoms with E-state index >= 15 is 0 Å². The zero-order chi connectivity index (χ0) is 18.5. The molecule has 3 rings (SSSR count). The number of ether oxygens (including phenoxy) is 1. The molecule has 0 N–H and O–H groups in total. The summed E-state index contributed by atoms with van der Waals surface area (Å²) >= 11 is 0. The maximum absolute atomic E-state index is 12.8. The minimum Gasteiger partial charge on any atom is -0.462 e. The van der Waals surface area contributed by atoms with E-state index in [1.165, 1.54) is 0 Å². The third kappa shape index (κ3) is 3.67. The van der Waals surface area contributed by atoms with Gasteiger partial charge >= 0.3 is 5.97 Å². The lowest BCUT2D eigenvalue weighted by Crippen LogP contribution is -2.25. The number of benzene rings is 2. The van der Waals surface area contributed by atoms with Crippen LogP contribution in [0.25, 0.3) is 11.0 Å². The molecule has 5 heteroatoms. The van der Waals surface area contributed by atoms with E-state index in [1.807, 2.05) is 37.3 Å². The number of esters is 1. The minimum absolute atomic E-state index is 0.0696. The normalized spacial score (nSPS) is 10.8. The van der Waals surface area contributed by atoms with E-state index in [9.17, 15) is 9.59 Å². The van der Waals surface area contributed by atoms with Crippen molar-refractivity contribution in [3.8, 4) is 0 Å². The molecule has 0 atom stereocenters. The largest absolute Gasteiger partial charge is 0.462 e. The second-order valence-corrected chi connectivity index (χ2v) is 6.02. The first-order valence-corrected chi connectivity index (χ1v) is 8.88. The molecule has 0 radical (unpaired) electrons. The average molecular weight is 350 g/mol. The van der Waals surface area contributed by atoms with E-state index in [4.69, 9.17) is 4.74 Å². The SMILES string of the molecule is CCOC(=O)c1ccc2c(c1)nc(CCc1ccccc1)c(=O)n2CC. The minimum atomic E-state index is -0.378.